The number of amides is 1. The second-order valence-corrected chi connectivity index (χ2v) is 4.74. The van der Waals surface area contributed by atoms with Crippen molar-refractivity contribution in [1.29, 1.82) is 0 Å². The molecular weight excluding hydrogens is 192 g/mol. The lowest BCUT2D eigenvalue weighted by Gasteiger charge is -2.27. The van der Waals surface area contributed by atoms with Crippen LogP contribution in [-0.4, -0.2) is 47.7 Å². The van der Waals surface area contributed by atoms with Crippen LogP contribution < -0.4 is 5.32 Å². The van der Waals surface area contributed by atoms with Gasteiger partial charge in [0.25, 0.3) is 0 Å². The number of hydrogen-bond acceptors (Lipinski definition) is 3. The minimum absolute atomic E-state index is 0.151. The van der Waals surface area contributed by atoms with Gasteiger partial charge < -0.3 is 15.3 Å². The molecule has 2 fully saturated rings. The molecule has 1 saturated heterocycles. The number of nitrogens with zero attached hydrogens (tertiary/aromatic N) is 1. The second-order valence-electron chi connectivity index (χ2n) is 4.74. The fourth-order valence-electron chi connectivity index (χ4n) is 2.62. The van der Waals surface area contributed by atoms with Crippen molar-refractivity contribution in [1.82, 2.24) is 10.2 Å². The molecule has 0 unspecified atom stereocenters. The van der Waals surface area contributed by atoms with Gasteiger partial charge in [0.15, 0.2) is 0 Å². The standard InChI is InChI=1S/C11H20N2O2/c1-13(8-4-2-3-5-8)11(15)10-6-9(14)7-12-10/h8-10,12,14H,2-7H2,1H3/t9-,10+/m0/s1. The highest BCUT2D eigenvalue weighted by atomic mass is 16.3. The van der Waals surface area contributed by atoms with Crippen LogP contribution in [0.5, 0.6) is 0 Å². The summed E-state index contributed by atoms with van der Waals surface area (Å²) >= 11 is 0. The van der Waals surface area contributed by atoms with Gasteiger partial charge in [-0.15, -0.1) is 0 Å². The van der Waals surface area contributed by atoms with Crippen molar-refractivity contribution in [2.75, 3.05) is 13.6 Å². The van der Waals surface area contributed by atoms with Crippen molar-refractivity contribution >= 4 is 5.91 Å². The highest BCUT2D eigenvalue weighted by Crippen LogP contribution is 2.23. The van der Waals surface area contributed by atoms with Gasteiger partial charge >= 0.3 is 0 Å². The normalized spacial score (nSPS) is 32.1. The number of rotatable bonds is 2. The largest absolute Gasteiger partial charge is 0.392 e. The predicted octanol–water partition coefficient (Wildman–Crippen LogP) is 0.110. The molecule has 1 aliphatic heterocycles. The first-order valence-electron chi connectivity index (χ1n) is 5.86. The quantitative estimate of drug-likeness (QED) is 0.683. The molecular formula is C11H20N2O2. The van der Waals surface area contributed by atoms with Crippen LogP contribution in [0.1, 0.15) is 32.1 Å². The Morgan fingerprint density at radius 2 is 2.07 bits per heavy atom. The van der Waals surface area contributed by atoms with Gasteiger partial charge in [0.1, 0.15) is 0 Å². The maximum absolute atomic E-state index is 12.0. The molecule has 0 bridgehead atoms. The molecule has 0 aromatic rings. The smallest absolute Gasteiger partial charge is 0.239 e. The van der Waals surface area contributed by atoms with Crippen LogP contribution in [0.4, 0.5) is 0 Å². The van der Waals surface area contributed by atoms with Gasteiger partial charge in [-0.25, -0.2) is 0 Å². The van der Waals surface area contributed by atoms with Gasteiger partial charge in [0.05, 0.1) is 12.1 Å². The number of hydrogen-bond donors (Lipinski definition) is 2. The van der Waals surface area contributed by atoms with Crippen LogP contribution >= 0.6 is 0 Å². The van der Waals surface area contributed by atoms with E-state index in [2.05, 4.69) is 5.32 Å². The van der Waals surface area contributed by atoms with Gasteiger partial charge in [-0.05, 0) is 19.3 Å². The Morgan fingerprint density at radius 1 is 1.40 bits per heavy atom. The van der Waals surface area contributed by atoms with E-state index < -0.39 is 0 Å². The summed E-state index contributed by atoms with van der Waals surface area (Å²) in [7, 11) is 1.89. The van der Waals surface area contributed by atoms with Crippen LogP contribution in [0.3, 0.4) is 0 Å². The Labute approximate surface area is 90.6 Å². The Hall–Kier alpha value is -0.610. The number of β-amino-alcohol motifs (C(OH)–C–C–N with tert-alkyl or cyclic N) is 1. The summed E-state index contributed by atoms with van der Waals surface area (Å²) in [6, 6.07) is 0.266. The van der Waals surface area contributed by atoms with E-state index in [9.17, 15) is 9.90 Å². The number of likely N-dealkylation sites (N-methyl/N-ethyl adjacent to an activating group) is 1. The van der Waals surface area contributed by atoms with E-state index in [4.69, 9.17) is 0 Å². The Kier molecular flexibility index (Phi) is 3.26. The van der Waals surface area contributed by atoms with E-state index in [0.717, 1.165) is 12.8 Å². The third-order valence-electron chi connectivity index (χ3n) is 3.63. The van der Waals surface area contributed by atoms with E-state index in [1.807, 2.05) is 11.9 Å². The second kappa shape index (κ2) is 4.49. The van der Waals surface area contributed by atoms with E-state index in [1.54, 1.807) is 0 Å². The van der Waals surface area contributed by atoms with Crippen molar-refractivity contribution in [3.63, 3.8) is 0 Å². The summed E-state index contributed by atoms with van der Waals surface area (Å²) in [5.74, 6) is 0.151. The molecule has 0 spiro atoms. The van der Waals surface area contributed by atoms with Crippen molar-refractivity contribution in [3.8, 4) is 0 Å². The first-order chi connectivity index (χ1) is 7.18. The van der Waals surface area contributed by atoms with Crippen molar-refractivity contribution in [3.05, 3.63) is 0 Å². The Bertz CT molecular complexity index is 239. The molecule has 0 radical (unpaired) electrons. The first kappa shape index (κ1) is 10.9. The average molecular weight is 212 g/mol. The van der Waals surface area contributed by atoms with E-state index in [1.165, 1.54) is 12.8 Å². The van der Waals surface area contributed by atoms with Crippen LogP contribution in [0.15, 0.2) is 0 Å². The van der Waals surface area contributed by atoms with Crippen molar-refractivity contribution in [2.24, 2.45) is 0 Å². The molecule has 2 rings (SSSR count). The number of carbonyl (C=O) groups is 1. The third kappa shape index (κ3) is 2.32. The summed E-state index contributed by atoms with van der Waals surface area (Å²) in [5, 5.41) is 12.4. The molecule has 0 aromatic carbocycles. The maximum atomic E-state index is 12.0. The lowest BCUT2D eigenvalue weighted by atomic mass is 10.1. The van der Waals surface area contributed by atoms with E-state index in [-0.39, 0.29) is 18.1 Å². The number of nitrogens with one attached hydrogen (secondary N) is 1. The molecule has 1 saturated carbocycles. The highest BCUT2D eigenvalue weighted by molar-refractivity contribution is 5.82. The molecule has 1 heterocycles. The number of aliphatic hydroxyl groups excluding tert-OH is 1. The predicted molar refractivity (Wildman–Crippen MR) is 57.4 cm³/mol. The molecule has 2 atom stereocenters. The molecule has 2 aliphatic rings. The Balaban J connectivity index is 1.89. The van der Waals surface area contributed by atoms with Gasteiger partial charge in [0, 0.05) is 19.6 Å². The minimum Gasteiger partial charge on any atom is -0.392 e. The van der Waals surface area contributed by atoms with Gasteiger partial charge in [0.2, 0.25) is 5.91 Å². The van der Waals surface area contributed by atoms with Gasteiger partial charge in [-0.3, -0.25) is 4.79 Å². The zero-order valence-electron chi connectivity index (χ0n) is 9.28. The highest BCUT2D eigenvalue weighted by Gasteiger charge is 2.33. The van der Waals surface area contributed by atoms with Crippen LogP contribution in [-0.2, 0) is 4.79 Å². The summed E-state index contributed by atoms with van der Waals surface area (Å²) in [6.45, 7) is 0.551. The summed E-state index contributed by atoms with van der Waals surface area (Å²) in [4.78, 5) is 13.9. The fraction of sp³-hybridized carbons (Fsp3) is 0.909. The van der Waals surface area contributed by atoms with Gasteiger partial charge in [-0.2, -0.15) is 0 Å². The molecule has 2 N–H and O–H groups in total. The minimum atomic E-state index is -0.351. The molecule has 0 aromatic heterocycles. The lowest BCUT2D eigenvalue weighted by Crippen LogP contribution is -2.45. The lowest BCUT2D eigenvalue weighted by molar-refractivity contribution is -0.133. The first-order valence-corrected chi connectivity index (χ1v) is 5.86. The zero-order chi connectivity index (χ0) is 10.8. The number of aliphatic hydroxyl groups is 1. The maximum Gasteiger partial charge on any atom is 0.239 e. The van der Waals surface area contributed by atoms with E-state index in [0.29, 0.717) is 19.0 Å². The monoisotopic (exact) mass is 212 g/mol. The van der Waals surface area contributed by atoms with E-state index >= 15 is 0 Å². The third-order valence-corrected chi connectivity index (χ3v) is 3.63. The zero-order valence-corrected chi connectivity index (χ0v) is 9.28. The molecule has 4 nitrogen and oxygen atoms in total. The number of carbonyl (C=O) groups excluding carboxylic acids is 1. The molecule has 1 aliphatic carbocycles. The van der Waals surface area contributed by atoms with Crippen molar-refractivity contribution in [2.45, 2.75) is 50.3 Å². The molecule has 86 valence electrons. The summed E-state index contributed by atoms with van der Waals surface area (Å²) < 4.78 is 0. The molecule has 1 amide bonds. The molecule has 15 heavy (non-hydrogen) atoms. The SMILES string of the molecule is CN(C(=O)[C@H]1C[C@H](O)CN1)C1CCCC1. The topological polar surface area (TPSA) is 52.6 Å². The summed E-state index contributed by atoms with van der Waals surface area (Å²) in [5.41, 5.74) is 0. The van der Waals surface area contributed by atoms with Crippen LogP contribution in [0, 0.1) is 0 Å². The van der Waals surface area contributed by atoms with Crippen molar-refractivity contribution < 1.29 is 9.90 Å². The molecule has 4 heteroatoms. The van der Waals surface area contributed by atoms with Crippen LogP contribution in [0.25, 0.3) is 0 Å². The fourth-order valence-corrected chi connectivity index (χ4v) is 2.62. The van der Waals surface area contributed by atoms with Crippen LogP contribution in [0.2, 0.25) is 0 Å². The Morgan fingerprint density at radius 3 is 2.60 bits per heavy atom. The average Bonchev–Trinajstić information content (AvgIpc) is 2.85. The summed E-state index contributed by atoms with van der Waals surface area (Å²) in [6.07, 6.45) is 4.97. The van der Waals surface area contributed by atoms with Gasteiger partial charge in [-0.1, -0.05) is 12.8 Å².